The number of carbonyl (C=O) groups is 1. The minimum atomic E-state index is -0.180. The Morgan fingerprint density at radius 3 is 2.78 bits per heavy atom. The van der Waals surface area contributed by atoms with Crippen LogP contribution in [0.4, 0.5) is 5.69 Å². The zero-order valence-electron chi connectivity index (χ0n) is 13.4. The molecule has 3 aromatic rings. The summed E-state index contributed by atoms with van der Waals surface area (Å²) < 4.78 is 5.34. The first-order valence-electron chi connectivity index (χ1n) is 7.51. The SMILES string of the molecule is COc1ccc(C(C)C)cc1NC(=O)c1ccc2nc[nH]c2c1. The maximum absolute atomic E-state index is 12.5. The first kappa shape index (κ1) is 15.1. The van der Waals surface area contributed by atoms with E-state index in [-0.39, 0.29) is 5.91 Å². The van der Waals surface area contributed by atoms with Gasteiger partial charge in [0.15, 0.2) is 0 Å². The van der Waals surface area contributed by atoms with Crippen LogP contribution < -0.4 is 10.1 Å². The molecule has 3 rings (SSSR count). The molecule has 0 bridgehead atoms. The molecule has 118 valence electrons. The van der Waals surface area contributed by atoms with E-state index in [1.165, 1.54) is 0 Å². The van der Waals surface area contributed by atoms with Crippen LogP contribution in [-0.2, 0) is 0 Å². The monoisotopic (exact) mass is 309 g/mol. The van der Waals surface area contributed by atoms with E-state index in [4.69, 9.17) is 4.74 Å². The molecule has 2 N–H and O–H groups in total. The maximum Gasteiger partial charge on any atom is 0.255 e. The molecule has 0 atom stereocenters. The van der Waals surface area contributed by atoms with Crippen LogP contribution in [-0.4, -0.2) is 23.0 Å². The van der Waals surface area contributed by atoms with Gasteiger partial charge in [0.25, 0.3) is 5.91 Å². The fraction of sp³-hybridized carbons (Fsp3) is 0.222. The fourth-order valence-electron chi connectivity index (χ4n) is 2.45. The highest BCUT2D eigenvalue weighted by Crippen LogP contribution is 2.29. The highest BCUT2D eigenvalue weighted by molar-refractivity contribution is 6.06. The molecule has 0 unspecified atom stereocenters. The predicted molar refractivity (Wildman–Crippen MR) is 91.1 cm³/mol. The van der Waals surface area contributed by atoms with Gasteiger partial charge in [0, 0.05) is 5.56 Å². The van der Waals surface area contributed by atoms with E-state index in [1.807, 2.05) is 24.3 Å². The Hall–Kier alpha value is -2.82. The van der Waals surface area contributed by atoms with E-state index in [9.17, 15) is 4.79 Å². The molecule has 0 saturated heterocycles. The van der Waals surface area contributed by atoms with Crippen molar-refractivity contribution in [3.8, 4) is 5.75 Å². The maximum atomic E-state index is 12.5. The molecule has 1 amide bonds. The lowest BCUT2D eigenvalue weighted by atomic mass is 10.0. The summed E-state index contributed by atoms with van der Waals surface area (Å²) in [6.45, 7) is 4.22. The summed E-state index contributed by atoms with van der Waals surface area (Å²) in [5, 5.41) is 2.93. The van der Waals surface area contributed by atoms with Gasteiger partial charge in [-0.1, -0.05) is 19.9 Å². The molecule has 5 heteroatoms. The number of nitrogens with one attached hydrogen (secondary N) is 2. The second-order valence-corrected chi connectivity index (χ2v) is 5.70. The average Bonchev–Trinajstić information content (AvgIpc) is 3.02. The predicted octanol–water partition coefficient (Wildman–Crippen LogP) is 3.95. The van der Waals surface area contributed by atoms with Gasteiger partial charge in [0.05, 0.1) is 30.2 Å². The van der Waals surface area contributed by atoms with Gasteiger partial charge in [-0.3, -0.25) is 4.79 Å². The summed E-state index contributed by atoms with van der Waals surface area (Å²) in [6, 6.07) is 11.2. The lowest BCUT2D eigenvalue weighted by molar-refractivity contribution is 0.102. The van der Waals surface area contributed by atoms with Crippen LogP contribution in [0.3, 0.4) is 0 Å². The van der Waals surface area contributed by atoms with Gasteiger partial charge < -0.3 is 15.0 Å². The summed E-state index contributed by atoms with van der Waals surface area (Å²) in [7, 11) is 1.59. The number of aromatic amines is 1. The van der Waals surface area contributed by atoms with Crippen LogP contribution in [0, 0.1) is 0 Å². The number of rotatable bonds is 4. The summed E-state index contributed by atoms with van der Waals surface area (Å²) >= 11 is 0. The normalized spacial score (nSPS) is 11.0. The lowest BCUT2D eigenvalue weighted by Gasteiger charge is -2.13. The summed E-state index contributed by atoms with van der Waals surface area (Å²) in [5.41, 5.74) is 4.05. The van der Waals surface area contributed by atoms with Crippen LogP contribution in [0.2, 0.25) is 0 Å². The lowest BCUT2D eigenvalue weighted by Crippen LogP contribution is -2.13. The van der Waals surface area contributed by atoms with Crippen molar-refractivity contribution in [2.24, 2.45) is 0 Å². The zero-order valence-corrected chi connectivity index (χ0v) is 13.4. The van der Waals surface area contributed by atoms with Crippen molar-refractivity contribution < 1.29 is 9.53 Å². The number of hydrogen-bond donors (Lipinski definition) is 2. The van der Waals surface area contributed by atoms with Gasteiger partial charge in [-0.2, -0.15) is 0 Å². The number of imidazole rings is 1. The molecule has 23 heavy (non-hydrogen) atoms. The molecule has 2 aromatic carbocycles. The Kier molecular flexibility index (Phi) is 4.02. The molecule has 0 fully saturated rings. The Labute approximate surface area is 134 Å². The van der Waals surface area contributed by atoms with Gasteiger partial charge in [0.2, 0.25) is 0 Å². The molecule has 0 aliphatic carbocycles. The number of fused-ring (bicyclic) bond motifs is 1. The van der Waals surface area contributed by atoms with Crippen molar-refractivity contribution in [3.05, 3.63) is 53.9 Å². The minimum Gasteiger partial charge on any atom is -0.495 e. The Balaban J connectivity index is 1.90. The number of carbonyl (C=O) groups excluding carboxylic acids is 1. The average molecular weight is 309 g/mol. The fourth-order valence-corrected chi connectivity index (χ4v) is 2.45. The van der Waals surface area contributed by atoms with Gasteiger partial charge in [0.1, 0.15) is 5.75 Å². The van der Waals surface area contributed by atoms with E-state index in [0.29, 0.717) is 22.9 Å². The number of methoxy groups -OCH3 is 1. The smallest absolute Gasteiger partial charge is 0.255 e. The summed E-state index contributed by atoms with van der Waals surface area (Å²) in [6.07, 6.45) is 1.61. The summed E-state index contributed by atoms with van der Waals surface area (Å²) in [4.78, 5) is 19.7. The van der Waals surface area contributed by atoms with Crippen LogP contribution >= 0.6 is 0 Å². The van der Waals surface area contributed by atoms with Gasteiger partial charge in [-0.05, 0) is 41.8 Å². The molecule has 1 aromatic heterocycles. The first-order valence-corrected chi connectivity index (χ1v) is 7.51. The molecule has 0 aliphatic heterocycles. The number of benzene rings is 2. The molecule has 1 heterocycles. The Bertz CT molecular complexity index is 852. The quantitative estimate of drug-likeness (QED) is 0.767. The number of nitrogens with zero attached hydrogens (tertiary/aromatic N) is 1. The standard InChI is InChI=1S/C18H19N3O2/c1-11(2)12-5-7-17(23-3)16(8-12)21-18(22)13-4-6-14-15(9-13)20-10-19-14/h4-11H,1-3H3,(H,19,20)(H,21,22). The van der Waals surface area contributed by atoms with Crippen molar-refractivity contribution in [1.82, 2.24) is 9.97 Å². The number of amides is 1. The van der Waals surface area contributed by atoms with Crippen LogP contribution in [0.5, 0.6) is 5.75 Å². The molecule has 0 radical (unpaired) electrons. The van der Waals surface area contributed by atoms with Crippen LogP contribution in [0.1, 0.15) is 35.7 Å². The molecule has 5 nitrogen and oxygen atoms in total. The third-order valence-electron chi connectivity index (χ3n) is 3.82. The second kappa shape index (κ2) is 6.12. The van der Waals surface area contributed by atoms with Crippen LogP contribution in [0.25, 0.3) is 11.0 Å². The third-order valence-corrected chi connectivity index (χ3v) is 3.82. The third kappa shape index (κ3) is 3.04. The molecule has 0 spiro atoms. The first-order chi connectivity index (χ1) is 11.1. The van der Waals surface area contributed by atoms with Crippen molar-refractivity contribution in [3.63, 3.8) is 0 Å². The number of aromatic nitrogens is 2. The van der Waals surface area contributed by atoms with Gasteiger partial charge >= 0.3 is 0 Å². The number of hydrogen-bond acceptors (Lipinski definition) is 3. The van der Waals surface area contributed by atoms with Crippen molar-refractivity contribution in [1.29, 1.82) is 0 Å². The van der Waals surface area contributed by atoms with Crippen molar-refractivity contribution in [2.45, 2.75) is 19.8 Å². The highest BCUT2D eigenvalue weighted by atomic mass is 16.5. The summed E-state index contributed by atoms with van der Waals surface area (Å²) in [5.74, 6) is 0.837. The molecule has 0 aliphatic rings. The molecule has 0 saturated carbocycles. The van der Waals surface area contributed by atoms with E-state index < -0.39 is 0 Å². The second-order valence-electron chi connectivity index (χ2n) is 5.70. The van der Waals surface area contributed by atoms with E-state index in [0.717, 1.165) is 16.6 Å². The van der Waals surface area contributed by atoms with Crippen molar-refractivity contribution >= 4 is 22.6 Å². The van der Waals surface area contributed by atoms with Gasteiger partial charge in [-0.25, -0.2) is 4.98 Å². The van der Waals surface area contributed by atoms with Crippen molar-refractivity contribution in [2.75, 3.05) is 12.4 Å². The van der Waals surface area contributed by atoms with Gasteiger partial charge in [-0.15, -0.1) is 0 Å². The zero-order chi connectivity index (χ0) is 16.4. The Morgan fingerprint density at radius 2 is 2.04 bits per heavy atom. The van der Waals surface area contributed by atoms with E-state index in [1.54, 1.807) is 25.6 Å². The highest BCUT2D eigenvalue weighted by Gasteiger charge is 2.12. The largest absolute Gasteiger partial charge is 0.495 e. The minimum absolute atomic E-state index is 0.180. The molecular formula is C18H19N3O2. The van der Waals surface area contributed by atoms with E-state index in [2.05, 4.69) is 29.1 Å². The number of anilines is 1. The number of H-pyrrole nitrogens is 1. The topological polar surface area (TPSA) is 67.0 Å². The molecular weight excluding hydrogens is 290 g/mol. The number of ether oxygens (including phenoxy) is 1. The van der Waals surface area contributed by atoms with E-state index >= 15 is 0 Å². The Morgan fingerprint density at radius 1 is 1.22 bits per heavy atom. The van der Waals surface area contributed by atoms with Crippen LogP contribution in [0.15, 0.2) is 42.7 Å².